The largest absolute Gasteiger partial charge is 0.481 e. The molecule has 2 aromatic rings. The van der Waals surface area contributed by atoms with Crippen LogP contribution in [0.2, 0.25) is 0 Å². The van der Waals surface area contributed by atoms with Crippen molar-refractivity contribution in [1.82, 2.24) is 9.97 Å². The Labute approximate surface area is 220 Å². The maximum absolute atomic E-state index is 13.5. The molecule has 0 aliphatic heterocycles. The van der Waals surface area contributed by atoms with Crippen LogP contribution in [-0.4, -0.2) is 94.7 Å². The van der Waals surface area contributed by atoms with E-state index in [-0.39, 0.29) is 47.8 Å². The van der Waals surface area contributed by atoms with Crippen LogP contribution in [0.4, 0.5) is 10.3 Å². The monoisotopic (exact) mass is 504 g/mol. The van der Waals surface area contributed by atoms with Crippen molar-refractivity contribution in [1.29, 1.82) is 0 Å². The zero-order valence-corrected chi connectivity index (χ0v) is 22.6. The minimum atomic E-state index is -3.65. The van der Waals surface area contributed by atoms with Gasteiger partial charge in [-0.2, -0.15) is 0 Å². The van der Waals surface area contributed by atoms with Gasteiger partial charge in [0, 0.05) is 54.2 Å². The Hall–Kier alpha value is -1.89. The van der Waals surface area contributed by atoms with Crippen LogP contribution in [0, 0.1) is 5.82 Å². The smallest absolute Gasteiger partial charge is 0.305 e. The van der Waals surface area contributed by atoms with E-state index in [1.54, 1.807) is 0 Å². The number of carboxylic acids is 1. The summed E-state index contributed by atoms with van der Waals surface area (Å²) in [6.45, 7) is 3.71. The first-order valence-electron chi connectivity index (χ1n) is 10.2. The summed E-state index contributed by atoms with van der Waals surface area (Å²) in [5, 5.41) is 28.8. The molecule has 12 heteroatoms. The number of sulfonamides is 1. The van der Waals surface area contributed by atoms with Gasteiger partial charge < -0.3 is 15.3 Å². The van der Waals surface area contributed by atoms with Crippen molar-refractivity contribution in [2.45, 2.75) is 44.8 Å². The molecule has 0 amide bonds. The number of halogens is 1. The van der Waals surface area contributed by atoms with Crippen molar-refractivity contribution in [3.05, 3.63) is 47.4 Å². The van der Waals surface area contributed by atoms with Crippen LogP contribution in [0.3, 0.4) is 0 Å². The number of benzene rings is 1. The van der Waals surface area contributed by atoms with E-state index in [0.717, 1.165) is 10.6 Å². The number of aliphatic hydroxyl groups excluding tert-OH is 2. The molecule has 3 N–H and O–H groups in total. The SMILES string of the molecule is CC(C)c1nc(N(C)S(C)(=O)=O)nc(-c2ccc(F)cc2)c1/C=C/[C@@H](O)C[C@@H](O)CC(=O)O.[Na]. The molecule has 9 nitrogen and oxygen atoms in total. The molecule has 0 saturated carbocycles. The topological polar surface area (TPSA) is 141 Å². The molecule has 0 unspecified atom stereocenters. The van der Waals surface area contributed by atoms with E-state index in [2.05, 4.69) is 9.97 Å². The summed E-state index contributed by atoms with van der Waals surface area (Å²) < 4.78 is 38.6. The number of aliphatic carboxylic acids is 1. The van der Waals surface area contributed by atoms with Gasteiger partial charge in [-0.1, -0.05) is 26.0 Å². The van der Waals surface area contributed by atoms with Gasteiger partial charge in [-0.15, -0.1) is 0 Å². The molecule has 2 atom stereocenters. The zero-order chi connectivity index (χ0) is 24.9. The van der Waals surface area contributed by atoms with E-state index < -0.39 is 40.4 Å². The first-order valence-corrected chi connectivity index (χ1v) is 12.0. The third-order valence-corrected chi connectivity index (χ3v) is 5.97. The minimum absolute atomic E-state index is 0. The molecular weight excluding hydrogens is 476 g/mol. The van der Waals surface area contributed by atoms with E-state index in [9.17, 15) is 27.8 Å². The number of nitrogens with zero attached hydrogens (tertiary/aromatic N) is 3. The Bertz CT molecular complexity index is 1130. The maximum atomic E-state index is 13.5. The molecule has 1 radical (unpaired) electrons. The molecule has 0 spiro atoms. The number of carboxylic acid groups (broad SMARTS) is 1. The molecule has 1 aromatic carbocycles. The van der Waals surface area contributed by atoms with Crippen LogP contribution in [0.15, 0.2) is 30.3 Å². The Morgan fingerprint density at radius 2 is 1.76 bits per heavy atom. The summed E-state index contributed by atoms with van der Waals surface area (Å²) in [4.78, 5) is 19.6. The normalized spacial score (nSPS) is 13.5. The predicted octanol–water partition coefficient (Wildman–Crippen LogP) is 2.02. The molecule has 0 saturated heterocycles. The Balaban J connectivity index is 0.00000578. The minimum Gasteiger partial charge on any atom is -0.481 e. The summed E-state index contributed by atoms with van der Waals surface area (Å²) in [7, 11) is -2.33. The number of carbonyl (C=O) groups is 1. The first kappa shape index (κ1) is 30.1. The van der Waals surface area contributed by atoms with E-state index >= 15 is 0 Å². The van der Waals surface area contributed by atoms with Crippen LogP contribution >= 0.6 is 0 Å². The van der Waals surface area contributed by atoms with Crippen LogP contribution in [0.25, 0.3) is 17.3 Å². The summed E-state index contributed by atoms with van der Waals surface area (Å²) >= 11 is 0. The Kier molecular flexibility index (Phi) is 11.3. The Morgan fingerprint density at radius 3 is 2.26 bits per heavy atom. The van der Waals surface area contributed by atoms with Gasteiger partial charge in [0.15, 0.2) is 0 Å². The van der Waals surface area contributed by atoms with Gasteiger partial charge in [0.2, 0.25) is 16.0 Å². The number of anilines is 1. The molecule has 34 heavy (non-hydrogen) atoms. The van der Waals surface area contributed by atoms with E-state index in [1.165, 1.54) is 43.5 Å². The third-order valence-electron chi connectivity index (χ3n) is 4.82. The summed E-state index contributed by atoms with van der Waals surface area (Å²) in [6.07, 6.45) is 0.860. The molecule has 1 aromatic heterocycles. The van der Waals surface area contributed by atoms with Gasteiger partial charge in [0.05, 0.1) is 36.3 Å². The number of aromatic nitrogens is 2. The van der Waals surface area contributed by atoms with Crippen molar-refractivity contribution < 1.29 is 32.9 Å². The van der Waals surface area contributed by atoms with Crippen molar-refractivity contribution in [2.24, 2.45) is 0 Å². The number of hydrogen-bond donors (Lipinski definition) is 3. The molecule has 0 bridgehead atoms. The molecule has 1 heterocycles. The van der Waals surface area contributed by atoms with Crippen LogP contribution in [-0.2, 0) is 14.8 Å². The van der Waals surface area contributed by atoms with Gasteiger partial charge >= 0.3 is 5.97 Å². The molecule has 2 rings (SSSR count). The fourth-order valence-corrected chi connectivity index (χ4v) is 3.42. The molecular formula is C22H28FN3NaO6S. The first-order chi connectivity index (χ1) is 15.3. The van der Waals surface area contributed by atoms with E-state index in [1.807, 2.05) is 13.8 Å². The van der Waals surface area contributed by atoms with Gasteiger partial charge in [-0.25, -0.2) is 27.1 Å². The second kappa shape index (κ2) is 12.7. The van der Waals surface area contributed by atoms with Crippen LogP contribution < -0.4 is 4.31 Å². The van der Waals surface area contributed by atoms with Gasteiger partial charge in [0.1, 0.15) is 5.82 Å². The summed E-state index contributed by atoms with van der Waals surface area (Å²) in [5.74, 6) is -1.87. The fourth-order valence-electron chi connectivity index (χ4n) is 3.05. The van der Waals surface area contributed by atoms with Crippen molar-refractivity contribution in [3.63, 3.8) is 0 Å². The van der Waals surface area contributed by atoms with Crippen molar-refractivity contribution in [3.8, 4) is 11.3 Å². The number of hydrogen-bond acceptors (Lipinski definition) is 7. The predicted molar refractivity (Wildman–Crippen MR) is 128 cm³/mol. The molecule has 0 aliphatic rings. The van der Waals surface area contributed by atoms with Crippen molar-refractivity contribution >= 4 is 57.6 Å². The van der Waals surface area contributed by atoms with Gasteiger partial charge in [0.25, 0.3) is 0 Å². The van der Waals surface area contributed by atoms with E-state index in [0.29, 0.717) is 22.5 Å². The molecule has 0 aliphatic carbocycles. The second-order valence-electron chi connectivity index (χ2n) is 7.98. The fraction of sp³-hybridized carbons (Fsp3) is 0.409. The number of aliphatic hydroxyl groups is 2. The van der Waals surface area contributed by atoms with Crippen LogP contribution in [0.5, 0.6) is 0 Å². The van der Waals surface area contributed by atoms with Gasteiger partial charge in [-0.05, 0) is 30.2 Å². The van der Waals surface area contributed by atoms with Crippen molar-refractivity contribution in [2.75, 3.05) is 17.6 Å². The average Bonchev–Trinajstić information content (AvgIpc) is 2.70. The third kappa shape index (κ3) is 8.40. The molecule has 181 valence electrons. The number of rotatable bonds is 10. The molecule has 0 fully saturated rings. The Morgan fingerprint density at radius 1 is 1.18 bits per heavy atom. The maximum Gasteiger partial charge on any atom is 0.305 e. The van der Waals surface area contributed by atoms with Gasteiger partial charge in [-0.3, -0.25) is 4.79 Å². The van der Waals surface area contributed by atoms with Crippen LogP contribution in [0.1, 0.15) is 43.9 Å². The second-order valence-corrected chi connectivity index (χ2v) is 9.99. The standard InChI is InChI=1S/C22H28FN3O6S.Na/c1-13(2)20-18(10-9-16(27)11-17(28)12-19(29)30)21(14-5-7-15(23)8-6-14)25-22(24-20)26(3)33(4,31)32;/h5-10,13,16-17,27-28H,11-12H2,1-4H3,(H,29,30);/b10-9+;/t16-,17-;/m1./s1. The summed E-state index contributed by atoms with van der Waals surface area (Å²) in [6, 6.07) is 5.49. The zero-order valence-electron chi connectivity index (χ0n) is 19.8. The van der Waals surface area contributed by atoms with E-state index in [4.69, 9.17) is 5.11 Å². The quantitative estimate of drug-likeness (QED) is 0.418. The average molecular weight is 505 g/mol. The summed E-state index contributed by atoms with van der Waals surface area (Å²) in [5.41, 5.74) is 1.80.